The van der Waals surface area contributed by atoms with Crippen LogP contribution in [0.1, 0.15) is 286 Å². The largest absolute Gasteiger partial charge is 0.306 e. The van der Waals surface area contributed by atoms with Gasteiger partial charge in [-0.3, -0.25) is 0 Å². The van der Waals surface area contributed by atoms with E-state index in [0.717, 1.165) is 38.8 Å². The minimum absolute atomic E-state index is 0.320. The van der Waals surface area contributed by atoms with Crippen molar-refractivity contribution in [2.45, 2.75) is 286 Å². The van der Waals surface area contributed by atoms with Crippen LogP contribution in [0.15, 0.2) is 72.9 Å². The van der Waals surface area contributed by atoms with Crippen LogP contribution in [0.3, 0.4) is 0 Å². The van der Waals surface area contributed by atoms with Gasteiger partial charge in [-0.2, -0.15) is 0 Å². The molecule has 0 saturated heterocycles. The van der Waals surface area contributed by atoms with Gasteiger partial charge in [0.25, 0.3) is 0 Å². The van der Waals surface area contributed by atoms with Crippen molar-refractivity contribution in [3.8, 4) is 0 Å². The van der Waals surface area contributed by atoms with Gasteiger partial charge < -0.3 is 4.90 Å². The van der Waals surface area contributed by atoms with Gasteiger partial charge in [-0.05, 0) is 159 Å². The molecule has 0 unspecified atom stereocenters. The molecule has 0 aliphatic rings. The number of rotatable bonds is 48. The quantitative estimate of drug-likeness (QED) is 0.0435. The Labute approximate surface area is 392 Å². The molecule has 0 spiro atoms. The molecule has 1 heteroatoms. The molecule has 0 aromatic carbocycles. The highest BCUT2D eigenvalue weighted by Gasteiger charge is 2.26. The van der Waals surface area contributed by atoms with Gasteiger partial charge in [0.15, 0.2) is 0 Å². The maximum Gasteiger partial charge on any atom is 0.00155 e. The molecule has 0 rings (SSSR count). The summed E-state index contributed by atoms with van der Waals surface area (Å²) >= 11 is 0. The highest BCUT2D eigenvalue weighted by atomic mass is 15.1. The van der Waals surface area contributed by atoms with Crippen LogP contribution in [-0.2, 0) is 0 Å². The first-order valence-electron chi connectivity index (χ1n) is 27.4. The summed E-state index contributed by atoms with van der Waals surface area (Å²) < 4.78 is 0. The zero-order valence-electron chi connectivity index (χ0n) is 44.0. The van der Waals surface area contributed by atoms with Gasteiger partial charge in [-0.25, -0.2) is 0 Å². The third-order valence-electron chi connectivity index (χ3n) is 14.7. The average molecular weight is 861 g/mol. The molecule has 362 valence electrons. The smallest absolute Gasteiger partial charge is 0.00155 e. The van der Waals surface area contributed by atoms with Crippen molar-refractivity contribution in [3.63, 3.8) is 0 Å². The first-order chi connectivity index (χ1) is 29.7. The lowest BCUT2D eigenvalue weighted by Gasteiger charge is -2.32. The fourth-order valence-electron chi connectivity index (χ4n) is 9.10. The molecule has 0 radical (unpaired) electrons. The van der Waals surface area contributed by atoms with Crippen molar-refractivity contribution >= 4 is 0 Å². The average Bonchev–Trinajstić information content (AvgIpc) is 3.26. The Balaban J connectivity index is 5.07. The Kier molecular flexibility index (Phi) is 38.7. The molecule has 0 aliphatic carbocycles. The van der Waals surface area contributed by atoms with E-state index < -0.39 is 0 Å². The molecule has 0 aromatic rings. The lowest BCUT2D eigenvalue weighted by atomic mass is 9.74. The van der Waals surface area contributed by atoms with Crippen molar-refractivity contribution in [2.75, 3.05) is 20.1 Å². The third kappa shape index (κ3) is 36.7. The molecule has 0 amide bonds. The zero-order valence-corrected chi connectivity index (χ0v) is 44.0. The molecule has 0 aliphatic heterocycles. The molecular weight excluding hydrogens is 747 g/mol. The van der Waals surface area contributed by atoms with Gasteiger partial charge in [0.05, 0.1) is 0 Å². The van der Waals surface area contributed by atoms with Gasteiger partial charge >= 0.3 is 0 Å². The summed E-state index contributed by atoms with van der Waals surface area (Å²) in [4.78, 5) is 2.53. The van der Waals surface area contributed by atoms with E-state index in [4.69, 9.17) is 0 Å². The van der Waals surface area contributed by atoms with Crippen LogP contribution in [0.4, 0.5) is 0 Å². The number of hydrogen-bond donors (Lipinski definition) is 0. The molecule has 0 heterocycles. The molecule has 0 N–H and O–H groups in total. The van der Waals surface area contributed by atoms with Crippen molar-refractivity contribution < 1.29 is 0 Å². The SMILES string of the molecule is C=C(CCCCCCC)CCC(C)(CCC(=C)CCCCCCC)CCC(=C)CCN(C)CCC(=C)CCC(C)(CCC(=C)CCCCCCC)CCC(=C)CCCCCCC. The topological polar surface area (TPSA) is 3.24 Å². The second-order valence-electron chi connectivity index (χ2n) is 21.6. The summed E-state index contributed by atoms with van der Waals surface area (Å²) in [7, 11) is 2.30. The predicted molar refractivity (Wildman–Crippen MR) is 287 cm³/mol. The Hall–Kier alpha value is -1.60. The van der Waals surface area contributed by atoms with E-state index in [-0.39, 0.29) is 0 Å². The first-order valence-corrected chi connectivity index (χ1v) is 27.4. The fraction of sp³-hybridized carbons (Fsp3) is 0.803. The number of nitrogens with zero attached hydrogens (tertiary/aromatic N) is 1. The zero-order chi connectivity index (χ0) is 46.3. The van der Waals surface area contributed by atoms with Crippen molar-refractivity contribution in [3.05, 3.63) is 72.9 Å². The summed E-state index contributed by atoms with van der Waals surface area (Å²) in [6.45, 7) is 43.9. The van der Waals surface area contributed by atoms with Gasteiger partial charge in [0, 0.05) is 13.1 Å². The molecule has 62 heavy (non-hydrogen) atoms. The standard InChI is InChI=1S/C61H113N/c1-14-18-22-26-30-34-54(5)38-46-60(11,47-39-55(6)35-31-27-23-19-15-2)50-42-58(9)44-52-62(13)53-45-59(10)43-51-61(12,48-40-56(7)36-32-28-24-20-16-3)49-41-57(8)37-33-29-25-21-17-4/h5-10,14-53H2,1-4,11-13H3. The second kappa shape index (κ2) is 39.7. The van der Waals surface area contributed by atoms with Crippen molar-refractivity contribution in [2.24, 2.45) is 10.8 Å². The van der Waals surface area contributed by atoms with Crippen molar-refractivity contribution in [1.29, 1.82) is 0 Å². The summed E-state index contributed by atoms with van der Waals surface area (Å²) in [5, 5.41) is 0. The molecule has 0 bridgehead atoms. The van der Waals surface area contributed by atoms with Crippen molar-refractivity contribution in [1.82, 2.24) is 4.90 Å². The molecule has 0 saturated carbocycles. The van der Waals surface area contributed by atoms with E-state index in [1.54, 1.807) is 0 Å². The minimum atomic E-state index is 0.320. The van der Waals surface area contributed by atoms with E-state index in [2.05, 4.69) is 93.0 Å². The molecule has 1 nitrogen and oxygen atoms in total. The molecule has 0 fully saturated rings. The fourth-order valence-corrected chi connectivity index (χ4v) is 9.10. The predicted octanol–water partition coefficient (Wildman–Crippen LogP) is 21.2. The van der Waals surface area contributed by atoms with Crippen LogP contribution in [0.25, 0.3) is 0 Å². The Morgan fingerprint density at radius 1 is 0.290 bits per heavy atom. The Bertz CT molecular complexity index is 1010. The van der Waals surface area contributed by atoms with E-state index in [1.807, 2.05) is 0 Å². The number of unbranched alkanes of at least 4 members (excludes halogenated alkanes) is 16. The maximum atomic E-state index is 4.63. The van der Waals surface area contributed by atoms with Crippen LogP contribution in [0, 0.1) is 10.8 Å². The molecule has 0 aromatic heterocycles. The van der Waals surface area contributed by atoms with Gasteiger partial charge in [-0.1, -0.05) is 217 Å². The maximum absolute atomic E-state index is 4.63. The lowest BCUT2D eigenvalue weighted by molar-refractivity contribution is 0.244. The van der Waals surface area contributed by atoms with Crippen LogP contribution < -0.4 is 0 Å². The minimum Gasteiger partial charge on any atom is -0.306 e. The lowest BCUT2D eigenvalue weighted by Crippen LogP contribution is -2.22. The highest BCUT2D eigenvalue weighted by Crippen LogP contribution is 2.40. The summed E-state index contributed by atoms with van der Waals surface area (Å²) in [5.41, 5.74) is 9.37. The molecule has 0 atom stereocenters. The Morgan fingerprint density at radius 3 is 0.694 bits per heavy atom. The first kappa shape index (κ1) is 60.4. The number of hydrogen-bond acceptors (Lipinski definition) is 1. The Morgan fingerprint density at radius 2 is 0.484 bits per heavy atom. The summed E-state index contributed by atoms with van der Waals surface area (Å²) in [5.74, 6) is 0. The normalized spacial score (nSPS) is 12.0. The van der Waals surface area contributed by atoms with Crippen LogP contribution >= 0.6 is 0 Å². The van der Waals surface area contributed by atoms with E-state index >= 15 is 0 Å². The molecular formula is C61H113N. The van der Waals surface area contributed by atoms with E-state index in [9.17, 15) is 0 Å². The highest BCUT2D eigenvalue weighted by molar-refractivity contribution is 5.03. The summed E-state index contributed by atoms with van der Waals surface area (Å²) in [6.07, 6.45) is 48.4. The second-order valence-corrected chi connectivity index (χ2v) is 21.6. The van der Waals surface area contributed by atoms with Crippen LogP contribution in [0.2, 0.25) is 0 Å². The third-order valence-corrected chi connectivity index (χ3v) is 14.7. The van der Waals surface area contributed by atoms with E-state index in [0.29, 0.717) is 10.8 Å². The monoisotopic (exact) mass is 860 g/mol. The van der Waals surface area contributed by atoms with Crippen LogP contribution in [-0.4, -0.2) is 25.0 Å². The van der Waals surface area contributed by atoms with Gasteiger partial charge in [0.2, 0.25) is 0 Å². The summed E-state index contributed by atoms with van der Waals surface area (Å²) in [6, 6.07) is 0. The van der Waals surface area contributed by atoms with E-state index in [1.165, 1.54) is 252 Å². The van der Waals surface area contributed by atoms with Crippen LogP contribution in [0.5, 0.6) is 0 Å². The van der Waals surface area contributed by atoms with Gasteiger partial charge in [-0.15, -0.1) is 0 Å². The van der Waals surface area contributed by atoms with Gasteiger partial charge in [0.1, 0.15) is 0 Å². The number of allylic oxidation sites excluding steroid dienone is 4.